The van der Waals surface area contributed by atoms with E-state index in [1.54, 1.807) is 23.1 Å². The fourth-order valence-electron chi connectivity index (χ4n) is 4.34. The summed E-state index contributed by atoms with van der Waals surface area (Å²) in [6, 6.07) is 22.9. The number of rotatable bonds is 6. The van der Waals surface area contributed by atoms with Gasteiger partial charge in [-0.15, -0.1) is 0 Å². The van der Waals surface area contributed by atoms with E-state index in [-0.39, 0.29) is 17.9 Å². The number of aromatic nitrogens is 2. The van der Waals surface area contributed by atoms with Crippen LogP contribution in [0.4, 0.5) is 0 Å². The summed E-state index contributed by atoms with van der Waals surface area (Å²) in [5, 5.41) is 9.59. The lowest BCUT2D eigenvalue weighted by Crippen LogP contribution is -2.36. The topological polar surface area (TPSA) is 99.1 Å². The van der Waals surface area contributed by atoms with Crippen molar-refractivity contribution in [2.45, 2.75) is 32.4 Å². The molecule has 0 atom stereocenters. The summed E-state index contributed by atoms with van der Waals surface area (Å²) in [6.07, 6.45) is 1.37. The highest BCUT2D eigenvalue weighted by molar-refractivity contribution is 5.79. The van der Waals surface area contributed by atoms with Crippen molar-refractivity contribution >= 4 is 16.8 Å². The summed E-state index contributed by atoms with van der Waals surface area (Å²) >= 11 is 0. The summed E-state index contributed by atoms with van der Waals surface area (Å²) < 4.78 is 5.82. The molecule has 1 aliphatic rings. The number of benzene rings is 3. The Kier molecular flexibility index (Phi) is 6.27. The van der Waals surface area contributed by atoms with Crippen LogP contribution in [0.15, 0.2) is 71.5 Å². The Labute approximate surface area is 202 Å². The molecule has 0 saturated heterocycles. The number of carbonyl (C=O) groups excluding carboxylic acids is 1. The molecule has 4 aromatic rings. The van der Waals surface area contributed by atoms with Crippen LogP contribution in [0, 0.1) is 11.3 Å². The Bertz CT molecular complexity index is 1490. The molecule has 1 aliphatic heterocycles. The van der Waals surface area contributed by atoms with Crippen LogP contribution in [-0.4, -0.2) is 27.3 Å². The second-order valence-corrected chi connectivity index (χ2v) is 8.63. The lowest BCUT2D eigenvalue weighted by Gasteiger charge is -2.29. The van der Waals surface area contributed by atoms with Gasteiger partial charge in [-0.3, -0.25) is 9.59 Å². The molecule has 5 rings (SSSR count). The van der Waals surface area contributed by atoms with Crippen LogP contribution in [0.25, 0.3) is 10.9 Å². The Morgan fingerprint density at radius 1 is 1.09 bits per heavy atom. The smallest absolute Gasteiger partial charge is 0.258 e. The first kappa shape index (κ1) is 22.4. The van der Waals surface area contributed by atoms with E-state index >= 15 is 0 Å². The van der Waals surface area contributed by atoms with Crippen molar-refractivity contribution in [1.82, 2.24) is 14.9 Å². The number of amides is 1. The molecule has 35 heavy (non-hydrogen) atoms. The van der Waals surface area contributed by atoms with E-state index in [4.69, 9.17) is 10.00 Å². The number of nitriles is 1. The molecule has 0 spiro atoms. The van der Waals surface area contributed by atoms with E-state index in [2.05, 4.69) is 16.0 Å². The predicted octanol–water partition coefficient (Wildman–Crippen LogP) is 3.89. The van der Waals surface area contributed by atoms with Crippen LogP contribution in [0.2, 0.25) is 0 Å². The maximum atomic E-state index is 12.8. The number of ether oxygens (including phenoxy) is 1. The Morgan fingerprint density at radius 2 is 1.94 bits per heavy atom. The van der Waals surface area contributed by atoms with Gasteiger partial charge in [0.2, 0.25) is 5.91 Å². The van der Waals surface area contributed by atoms with Gasteiger partial charge in [-0.1, -0.05) is 36.4 Å². The molecule has 1 N–H and O–H groups in total. The standard InChI is InChI=1S/C28H24N4O3/c29-16-20-6-7-21-12-13-32(17-22(21)14-20)27(33)11-10-26-30-25-9-8-23(15-24(25)28(34)31-26)35-18-19-4-2-1-3-5-19/h1-9,14-15H,10-13,17-18H2,(H,30,31,34). The van der Waals surface area contributed by atoms with Gasteiger partial charge < -0.3 is 14.6 Å². The summed E-state index contributed by atoms with van der Waals surface area (Å²) in [4.78, 5) is 34.7. The van der Waals surface area contributed by atoms with Crippen molar-refractivity contribution in [2.24, 2.45) is 0 Å². The number of nitrogens with one attached hydrogen (secondary N) is 1. The molecule has 0 bridgehead atoms. The number of hydrogen-bond donors (Lipinski definition) is 1. The van der Waals surface area contributed by atoms with Gasteiger partial charge in [0.1, 0.15) is 18.2 Å². The highest BCUT2D eigenvalue weighted by Gasteiger charge is 2.21. The van der Waals surface area contributed by atoms with Gasteiger partial charge in [0, 0.05) is 25.9 Å². The first-order chi connectivity index (χ1) is 17.1. The van der Waals surface area contributed by atoms with E-state index in [9.17, 15) is 9.59 Å². The van der Waals surface area contributed by atoms with E-state index < -0.39 is 0 Å². The van der Waals surface area contributed by atoms with Crippen LogP contribution in [0.3, 0.4) is 0 Å². The van der Waals surface area contributed by atoms with Crippen LogP contribution >= 0.6 is 0 Å². The normalized spacial score (nSPS) is 12.7. The van der Waals surface area contributed by atoms with Crippen LogP contribution < -0.4 is 10.3 Å². The molecule has 7 heteroatoms. The number of aromatic amines is 1. The maximum Gasteiger partial charge on any atom is 0.258 e. The third kappa shape index (κ3) is 5.07. The van der Waals surface area contributed by atoms with E-state index in [0.29, 0.717) is 54.2 Å². The molecule has 0 aliphatic carbocycles. The molecule has 174 valence electrons. The monoisotopic (exact) mass is 464 g/mol. The summed E-state index contributed by atoms with van der Waals surface area (Å²) in [6.45, 7) is 1.55. The lowest BCUT2D eigenvalue weighted by molar-refractivity contribution is -0.132. The van der Waals surface area contributed by atoms with Gasteiger partial charge >= 0.3 is 0 Å². The van der Waals surface area contributed by atoms with Gasteiger partial charge in [-0.25, -0.2) is 4.98 Å². The number of aryl methyl sites for hydroxylation is 1. The van der Waals surface area contributed by atoms with E-state index in [0.717, 1.165) is 17.5 Å². The van der Waals surface area contributed by atoms with Gasteiger partial charge in [0.15, 0.2) is 0 Å². The Hall–Kier alpha value is -4.44. The largest absolute Gasteiger partial charge is 0.489 e. The third-order valence-electron chi connectivity index (χ3n) is 6.25. The molecule has 0 unspecified atom stereocenters. The van der Waals surface area contributed by atoms with Crippen LogP contribution in [0.5, 0.6) is 5.75 Å². The van der Waals surface area contributed by atoms with Crippen molar-refractivity contribution in [3.05, 3.63) is 105 Å². The third-order valence-corrected chi connectivity index (χ3v) is 6.25. The molecule has 0 saturated carbocycles. The second-order valence-electron chi connectivity index (χ2n) is 8.63. The molecule has 1 amide bonds. The molecule has 0 radical (unpaired) electrons. The summed E-state index contributed by atoms with van der Waals surface area (Å²) in [7, 11) is 0. The van der Waals surface area contributed by atoms with Crippen molar-refractivity contribution in [3.8, 4) is 11.8 Å². The average Bonchev–Trinajstić information content (AvgIpc) is 2.90. The number of nitrogens with zero attached hydrogens (tertiary/aromatic N) is 3. The molecule has 2 heterocycles. The van der Waals surface area contributed by atoms with Crippen LogP contribution in [-0.2, 0) is 30.8 Å². The Balaban J connectivity index is 1.23. The van der Waals surface area contributed by atoms with E-state index in [1.807, 2.05) is 48.5 Å². The van der Waals surface area contributed by atoms with Crippen molar-refractivity contribution in [1.29, 1.82) is 5.26 Å². The van der Waals surface area contributed by atoms with Gasteiger partial charge in [-0.05, 0) is 53.4 Å². The van der Waals surface area contributed by atoms with Crippen LogP contribution in [0.1, 0.15) is 34.5 Å². The highest BCUT2D eigenvalue weighted by Crippen LogP contribution is 2.22. The maximum absolute atomic E-state index is 12.8. The van der Waals surface area contributed by atoms with Gasteiger partial charge in [0.25, 0.3) is 5.56 Å². The number of H-pyrrole nitrogens is 1. The fraction of sp³-hybridized carbons (Fsp3) is 0.214. The van der Waals surface area contributed by atoms with E-state index in [1.165, 1.54) is 5.56 Å². The Morgan fingerprint density at radius 3 is 2.77 bits per heavy atom. The molecule has 7 nitrogen and oxygen atoms in total. The summed E-state index contributed by atoms with van der Waals surface area (Å²) in [5.41, 5.74) is 4.16. The van der Waals surface area contributed by atoms with Gasteiger partial charge in [0.05, 0.1) is 22.5 Å². The quantitative estimate of drug-likeness (QED) is 0.467. The van der Waals surface area contributed by atoms with Crippen molar-refractivity contribution in [3.63, 3.8) is 0 Å². The lowest BCUT2D eigenvalue weighted by atomic mass is 9.97. The molecule has 0 fully saturated rings. The number of fused-ring (bicyclic) bond motifs is 2. The minimum Gasteiger partial charge on any atom is -0.489 e. The minimum absolute atomic E-state index is 0.00502. The average molecular weight is 465 g/mol. The fourth-order valence-corrected chi connectivity index (χ4v) is 4.34. The van der Waals surface area contributed by atoms with Gasteiger partial charge in [-0.2, -0.15) is 5.26 Å². The first-order valence-corrected chi connectivity index (χ1v) is 11.6. The number of hydrogen-bond acceptors (Lipinski definition) is 5. The molecular weight excluding hydrogens is 440 g/mol. The highest BCUT2D eigenvalue weighted by atomic mass is 16.5. The SMILES string of the molecule is N#Cc1ccc2c(c1)CN(C(=O)CCc1nc3ccc(OCc4ccccc4)cc3c(=O)[nH]1)CC2. The zero-order valence-electron chi connectivity index (χ0n) is 19.2. The number of carbonyl (C=O) groups is 1. The first-order valence-electron chi connectivity index (χ1n) is 11.6. The van der Waals surface area contributed by atoms with Crippen molar-refractivity contribution in [2.75, 3.05) is 6.54 Å². The zero-order chi connectivity index (χ0) is 24.2. The molecule has 1 aromatic heterocycles. The zero-order valence-corrected chi connectivity index (χ0v) is 19.2. The second kappa shape index (κ2) is 9.82. The molecule has 3 aromatic carbocycles. The predicted molar refractivity (Wildman–Crippen MR) is 132 cm³/mol. The summed E-state index contributed by atoms with van der Waals surface area (Å²) in [5.74, 6) is 1.09. The van der Waals surface area contributed by atoms with Crippen molar-refractivity contribution < 1.29 is 9.53 Å². The minimum atomic E-state index is -0.251. The molecular formula is C28H24N4O3.